The Hall–Kier alpha value is -0.0500. The van der Waals surface area contributed by atoms with Crippen molar-refractivity contribution < 1.29 is 4.79 Å². The zero-order chi connectivity index (χ0) is 12.1. The van der Waals surface area contributed by atoms with Crippen molar-refractivity contribution in [2.75, 3.05) is 11.9 Å². The van der Waals surface area contributed by atoms with Gasteiger partial charge in [0.15, 0.2) is 0 Å². The number of unbranched alkanes of at least 4 members (excludes halogenated alkanes) is 1. The van der Waals surface area contributed by atoms with Crippen LogP contribution in [0, 0.1) is 5.92 Å². The predicted molar refractivity (Wildman–Crippen MR) is 74.3 cm³/mol. The Bertz CT molecular complexity index is 251. The molecule has 0 N–H and O–H groups in total. The van der Waals surface area contributed by atoms with E-state index in [0.29, 0.717) is 11.9 Å². The molecule has 1 saturated heterocycles. The van der Waals surface area contributed by atoms with Gasteiger partial charge in [0, 0.05) is 24.3 Å². The van der Waals surface area contributed by atoms with Gasteiger partial charge in [-0.3, -0.25) is 4.79 Å². The molecule has 1 saturated carbocycles. The first-order chi connectivity index (χ1) is 8.33. The van der Waals surface area contributed by atoms with E-state index in [2.05, 4.69) is 20.8 Å². The van der Waals surface area contributed by atoms with E-state index in [1.807, 2.05) is 0 Å². The van der Waals surface area contributed by atoms with Gasteiger partial charge in [0.25, 0.3) is 0 Å². The van der Waals surface area contributed by atoms with Gasteiger partial charge in [0.2, 0.25) is 5.91 Å². The van der Waals surface area contributed by atoms with Crippen molar-refractivity contribution in [2.45, 2.75) is 63.8 Å². The van der Waals surface area contributed by atoms with Crippen LogP contribution in [0.3, 0.4) is 0 Å². The quantitative estimate of drug-likeness (QED) is 0.560. The predicted octanol–water partition coefficient (Wildman–Crippen LogP) is 3.73. The van der Waals surface area contributed by atoms with Gasteiger partial charge in [-0.05, 0) is 44.4 Å². The molecule has 1 unspecified atom stereocenters. The number of hydrogen-bond acceptors (Lipinski definition) is 1. The molecule has 0 bridgehead atoms. The van der Waals surface area contributed by atoms with Gasteiger partial charge >= 0.3 is 0 Å². The number of likely N-dealkylation sites (tertiary alicyclic amines) is 1. The molecule has 0 spiro atoms. The molecule has 98 valence electrons. The van der Waals surface area contributed by atoms with Gasteiger partial charge in [0.1, 0.15) is 0 Å². The molecule has 2 fully saturated rings. The third kappa shape index (κ3) is 3.46. The number of rotatable bonds is 5. The van der Waals surface area contributed by atoms with Crippen molar-refractivity contribution in [3.05, 3.63) is 0 Å². The van der Waals surface area contributed by atoms with Gasteiger partial charge in [-0.15, -0.1) is 0 Å². The first-order valence-corrected chi connectivity index (χ1v) is 8.30. The highest BCUT2D eigenvalue weighted by Gasteiger charge is 2.35. The Morgan fingerprint density at radius 3 is 2.59 bits per heavy atom. The summed E-state index contributed by atoms with van der Waals surface area (Å²) in [6.45, 7) is 1.02. The molecule has 17 heavy (non-hydrogen) atoms. The standard InChI is InChI=1S/C14H24BrNO/c15-10-4-3-9-14(17)16-11-5-8-13(16)12-6-1-2-7-12/h12-13H,1-11H2. The lowest BCUT2D eigenvalue weighted by molar-refractivity contribution is -0.133. The van der Waals surface area contributed by atoms with Crippen LogP contribution in [0.15, 0.2) is 0 Å². The summed E-state index contributed by atoms with van der Waals surface area (Å²) < 4.78 is 0. The average Bonchev–Trinajstić information content (AvgIpc) is 2.99. The smallest absolute Gasteiger partial charge is 0.222 e. The summed E-state index contributed by atoms with van der Waals surface area (Å²) in [5.74, 6) is 1.23. The van der Waals surface area contributed by atoms with Crippen LogP contribution in [0.5, 0.6) is 0 Å². The van der Waals surface area contributed by atoms with Crippen molar-refractivity contribution in [2.24, 2.45) is 5.92 Å². The summed E-state index contributed by atoms with van der Waals surface area (Å²) in [6.07, 6.45) is 10.9. The van der Waals surface area contributed by atoms with Gasteiger partial charge in [-0.2, -0.15) is 0 Å². The number of alkyl halides is 1. The Labute approximate surface area is 113 Å². The molecule has 0 aromatic heterocycles. The van der Waals surface area contributed by atoms with E-state index in [1.165, 1.54) is 38.5 Å². The molecule has 2 aliphatic rings. The van der Waals surface area contributed by atoms with E-state index in [0.717, 1.165) is 37.1 Å². The minimum atomic E-state index is 0.417. The number of nitrogens with zero attached hydrogens (tertiary/aromatic N) is 1. The van der Waals surface area contributed by atoms with Crippen LogP contribution in [0.1, 0.15) is 57.8 Å². The van der Waals surface area contributed by atoms with E-state index in [-0.39, 0.29) is 0 Å². The number of halogens is 1. The third-order valence-electron chi connectivity index (χ3n) is 4.34. The van der Waals surface area contributed by atoms with Crippen molar-refractivity contribution in [3.63, 3.8) is 0 Å². The molecule has 2 nitrogen and oxygen atoms in total. The van der Waals surface area contributed by atoms with Gasteiger partial charge < -0.3 is 4.90 Å². The van der Waals surface area contributed by atoms with Crippen LogP contribution in [-0.4, -0.2) is 28.7 Å². The summed E-state index contributed by atoms with van der Waals surface area (Å²) in [6, 6.07) is 0.592. The van der Waals surface area contributed by atoms with Crippen molar-refractivity contribution in [1.29, 1.82) is 0 Å². The fraction of sp³-hybridized carbons (Fsp3) is 0.929. The highest BCUT2D eigenvalue weighted by Crippen LogP contribution is 2.35. The largest absolute Gasteiger partial charge is 0.339 e. The number of carbonyl (C=O) groups excluding carboxylic acids is 1. The first-order valence-electron chi connectivity index (χ1n) is 7.18. The third-order valence-corrected chi connectivity index (χ3v) is 4.90. The zero-order valence-corrected chi connectivity index (χ0v) is 12.3. The van der Waals surface area contributed by atoms with E-state index >= 15 is 0 Å². The maximum Gasteiger partial charge on any atom is 0.222 e. The van der Waals surface area contributed by atoms with E-state index in [9.17, 15) is 4.79 Å². The Kier molecular flexibility index (Phi) is 5.33. The average molecular weight is 302 g/mol. The highest BCUT2D eigenvalue weighted by atomic mass is 79.9. The Morgan fingerprint density at radius 1 is 1.12 bits per heavy atom. The van der Waals surface area contributed by atoms with Crippen LogP contribution < -0.4 is 0 Å². The summed E-state index contributed by atoms with van der Waals surface area (Å²) >= 11 is 3.42. The molecule has 1 aliphatic carbocycles. The van der Waals surface area contributed by atoms with Crippen LogP contribution in [0.2, 0.25) is 0 Å². The number of carbonyl (C=O) groups is 1. The second-order valence-corrected chi connectivity index (χ2v) is 6.28. The second kappa shape index (κ2) is 6.77. The van der Waals surface area contributed by atoms with E-state index in [4.69, 9.17) is 0 Å². The zero-order valence-electron chi connectivity index (χ0n) is 10.7. The summed E-state index contributed by atoms with van der Waals surface area (Å²) in [4.78, 5) is 14.4. The monoisotopic (exact) mass is 301 g/mol. The maximum atomic E-state index is 12.2. The highest BCUT2D eigenvalue weighted by molar-refractivity contribution is 9.09. The second-order valence-electron chi connectivity index (χ2n) is 5.49. The van der Waals surface area contributed by atoms with Crippen molar-refractivity contribution in [1.82, 2.24) is 4.90 Å². The summed E-state index contributed by atoms with van der Waals surface area (Å²) in [5.41, 5.74) is 0. The number of amides is 1. The molecular weight excluding hydrogens is 278 g/mol. The van der Waals surface area contributed by atoms with E-state index < -0.39 is 0 Å². The Balaban J connectivity index is 1.83. The maximum absolute atomic E-state index is 12.2. The van der Waals surface area contributed by atoms with Gasteiger partial charge in [-0.1, -0.05) is 28.8 Å². The molecule has 3 heteroatoms. The van der Waals surface area contributed by atoms with Gasteiger partial charge in [0.05, 0.1) is 0 Å². The molecular formula is C14H24BrNO. The minimum Gasteiger partial charge on any atom is -0.339 e. The topological polar surface area (TPSA) is 20.3 Å². The number of hydrogen-bond donors (Lipinski definition) is 0. The molecule has 0 aromatic rings. The lowest BCUT2D eigenvalue weighted by Gasteiger charge is -2.29. The van der Waals surface area contributed by atoms with Crippen LogP contribution in [0.25, 0.3) is 0 Å². The van der Waals surface area contributed by atoms with Crippen LogP contribution in [0.4, 0.5) is 0 Å². The van der Waals surface area contributed by atoms with Gasteiger partial charge in [-0.25, -0.2) is 0 Å². The molecule has 2 rings (SSSR count). The fourth-order valence-electron chi connectivity index (χ4n) is 3.45. The normalized spacial score (nSPS) is 25.7. The van der Waals surface area contributed by atoms with Crippen molar-refractivity contribution >= 4 is 21.8 Å². The van der Waals surface area contributed by atoms with Crippen molar-refractivity contribution in [3.8, 4) is 0 Å². The van der Waals surface area contributed by atoms with Crippen LogP contribution in [-0.2, 0) is 4.79 Å². The van der Waals surface area contributed by atoms with E-state index in [1.54, 1.807) is 0 Å². The minimum absolute atomic E-state index is 0.417. The SMILES string of the molecule is O=C(CCCCBr)N1CCCC1C1CCCC1. The molecule has 0 radical (unpaired) electrons. The molecule has 1 amide bonds. The first kappa shape index (κ1) is 13.4. The lowest BCUT2D eigenvalue weighted by atomic mass is 9.96. The fourth-order valence-corrected chi connectivity index (χ4v) is 3.85. The molecule has 1 heterocycles. The Morgan fingerprint density at radius 2 is 1.88 bits per heavy atom. The molecule has 1 aliphatic heterocycles. The molecule has 0 aromatic carbocycles. The lowest BCUT2D eigenvalue weighted by Crippen LogP contribution is -2.39. The molecule has 1 atom stereocenters. The summed E-state index contributed by atoms with van der Waals surface area (Å²) in [7, 11) is 0. The van der Waals surface area contributed by atoms with Crippen LogP contribution >= 0.6 is 15.9 Å². The summed E-state index contributed by atoms with van der Waals surface area (Å²) in [5, 5.41) is 1.02.